The summed E-state index contributed by atoms with van der Waals surface area (Å²) in [6.07, 6.45) is -0.907. The zero-order valence-electron chi connectivity index (χ0n) is 11.0. The third-order valence-electron chi connectivity index (χ3n) is 3.47. The van der Waals surface area contributed by atoms with E-state index in [9.17, 15) is 13.2 Å². The van der Waals surface area contributed by atoms with Gasteiger partial charge in [-0.3, -0.25) is 4.90 Å². The molecule has 0 saturated carbocycles. The quantitative estimate of drug-likeness (QED) is 0.923. The molecule has 0 amide bonds. The van der Waals surface area contributed by atoms with Crippen LogP contribution in [0.3, 0.4) is 0 Å². The molecule has 1 aromatic carbocycles. The van der Waals surface area contributed by atoms with Crippen LogP contribution in [0.5, 0.6) is 0 Å². The normalized spacial score (nSPS) is 17.1. The first-order valence-electron chi connectivity index (χ1n) is 6.56. The summed E-state index contributed by atoms with van der Waals surface area (Å²) in [5, 5.41) is 12.1. The highest BCUT2D eigenvalue weighted by atomic mass is 19.3. The molecule has 1 aromatic rings. The molecule has 0 radical (unpaired) electrons. The van der Waals surface area contributed by atoms with Gasteiger partial charge in [0.15, 0.2) is 0 Å². The standard InChI is InChI=1S/C14H16F3N3/c15-12-2-1-3-13(11(12)8-18)19-10-4-6-20(7-5-10)9-14(16)17/h1-3,10,14,19H,4-7,9H2. The Morgan fingerprint density at radius 2 is 2.05 bits per heavy atom. The van der Waals surface area contributed by atoms with E-state index in [2.05, 4.69) is 5.32 Å². The Morgan fingerprint density at radius 3 is 2.65 bits per heavy atom. The maximum absolute atomic E-state index is 13.5. The van der Waals surface area contributed by atoms with Gasteiger partial charge < -0.3 is 5.32 Å². The molecule has 20 heavy (non-hydrogen) atoms. The third-order valence-corrected chi connectivity index (χ3v) is 3.47. The minimum atomic E-state index is -2.31. The average Bonchev–Trinajstić information content (AvgIpc) is 2.41. The van der Waals surface area contributed by atoms with Crippen molar-refractivity contribution in [2.45, 2.75) is 25.3 Å². The van der Waals surface area contributed by atoms with Gasteiger partial charge in [-0.05, 0) is 25.0 Å². The molecule has 1 saturated heterocycles. The first kappa shape index (κ1) is 14.7. The first-order valence-corrected chi connectivity index (χ1v) is 6.56. The molecule has 1 aliphatic heterocycles. The lowest BCUT2D eigenvalue weighted by molar-refractivity contribution is 0.0769. The van der Waals surface area contributed by atoms with E-state index in [1.807, 2.05) is 6.07 Å². The van der Waals surface area contributed by atoms with Gasteiger partial charge in [0.25, 0.3) is 6.43 Å². The summed E-state index contributed by atoms with van der Waals surface area (Å²) in [5.41, 5.74) is 0.474. The van der Waals surface area contributed by atoms with Gasteiger partial charge in [-0.2, -0.15) is 5.26 Å². The number of benzene rings is 1. The van der Waals surface area contributed by atoms with E-state index in [0.717, 1.165) is 0 Å². The van der Waals surface area contributed by atoms with Crippen LogP contribution in [-0.4, -0.2) is 37.0 Å². The third kappa shape index (κ3) is 3.64. The van der Waals surface area contributed by atoms with Crippen LogP contribution in [0.25, 0.3) is 0 Å². The SMILES string of the molecule is N#Cc1c(F)cccc1NC1CCN(CC(F)F)CC1. The van der Waals surface area contributed by atoms with Gasteiger partial charge in [-0.25, -0.2) is 13.2 Å². The predicted molar refractivity (Wildman–Crippen MR) is 70.2 cm³/mol. The number of halogens is 3. The molecular formula is C14H16F3N3. The van der Waals surface area contributed by atoms with E-state index in [4.69, 9.17) is 5.26 Å². The van der Waals surface area contributed by atoms with Crippen LogP contribution in [-0.2, 0) is 0 Å². The summed E-state index contributed by atoms with van der Waals surface area (Å²) in [6, 6.07) is 6.37. The molecule has 0 aliphatic carbocycles. The molecule has 1 N–H and O–H groups in total. The number of hydrogen-bond donors (Lipinski definition) is 1. The molecule has 0 spiro atoms. The zero-order chi connectivity index (χ0) is 14.5. The van der Waals surface area contributed by atoms with Gasteiger partial charge in [0, 0.05) is 19.1 Å². The Bertz CT molecular complexity index is 491. The van der Waals surface area contributed by atoms with Crippen molar-refractivity contribution in [1.82, 2.24) is 4.90 Å². The highest BCUT2D eigenvalue weighted by molar-refractivity contribution is 5.58. The van der Waals surface area contributed by atoms with Crippen LogP contribution in [0.4, 0.5) is 18.9 Å². The van der Waals surface area contributed by atoms with Gasteiger partial charge in [-0.1, -0.05) is 6.07 Å². The van der Waals surface area contributed by atoms with Crippen LogP contribution < -0.4 is 5.32 Å². The van der Waals surface area contributed by atoms with Crippen molar-refractivity contribution < 1.29 is 13.2 Å². The topological polar surface area (TPSA) is 39.1 Å². The lowest BCUT2D eigenvalue weighted by Crippen LogP contribution is -2.41. The lowest BCUT2D eigenvalue weighted by Gasteiger charge is -2.32. The molecule has 1 aliphatic rings. The van der Waals surface area contributed by atoms with Crippen molar-refractivity contribution >= 4 is 5.69 Å². The fourth-order valence-corrected chi connectivity index (χ4v) is 2.43. The summed E-state index contributed by atoms with van der Waals surface area (Å²) < 4.78 is 38.0. The molecule has 0 bridgehead atoms. The molecule has 2 rings (SSSR count). The van der Waals surface area contributed by atoms with Crippen molar-refractivity contribution in [2.75, 3.05) is 25.0 Å². The van der Waals surface area contributed by atoms with Crippen molar-refractivity contribution in [1.29, 1.82) is 5.26 Å². The van der Waals surface area contributed by atoms with Gasteiger partial charge >= 0.3 is 0 Å². The molecule has 108 valence electrons. The number of nitrogens with one attached hydrogen (secondary N) is 1. The van der Waals surface area contributed by atoms with Crippen LogP contribution in [0.1, 0.15) is 18.4 Å². The number of nitrogens with zero attached hydrogens (tertiary/aromatic N) is 2. The van der Waals surface area contributed by atoms with Crippen molar-refractivity contribution in [3.05, 3.63) is 29.6 Å². The number of hydrogen-bond acceptors (Lipinski definition) is 3. The molecule has 0 aromatic heterocycles. The summed E-state index contributed by atoms with van der Waals surface area (Å²) in [4.78, 5) is 1.72. The van der Waals surface area contributed by atoms with Crippen molar-refractivity contribution in [3.8, 4) is 6.07 Å². The minimum Gasteiger partial charge on any atom is -0.381 e. The number of nitriles is 1. The van der Waals surface area contributed by atoms with Gasteiger partial charge in [0.1, 0.15) is 17.4 Å². The van der Waals surface area contributed by atoms with E-state index in [1.54, 1.807) is 17.0 Å². The molecule has 0 unspecified atom stereocenters. The summed E-state index contributed by atoms with van der Waals surface area (Å²) in [7, 11) is 0. The number of alkyl halides is 2. The molecular weight excluding hydrogens is 267 g/mol. The second kappa shape index (κ2) is 6.62. The summed E-state index contributed by atoms with van der Waals surface area (Å²) >= 11 is 0. The number of anilines is 1. The van der Waals surface area contributed by atoms with Crippen LogP contribution in [0.15, 0.2) is 18.2 Å². The predicted octanol–water partition coefficient (Wildman–Crippen LogP) is 2.84. The zero-order valence-corrected chi connectivity index (χ0v) is 11.0. The van der Waals surface area contributed by atoms with Crippen LogP contribution in [0, 0.1) is 17.1 Å². The fraction of sp³-hybridized carbons (Fsp3) is 0.500. The molecule has 3 nitrogen and oxygen atoms in total. The highest BCUT2D eigenvalue weighted by Gasteiger charge is 2.22. The maximum atomic E-state index is 13.5. The van der Waals surface area contributed by atoms with Gasteiger partial charge in [-0.15, -0.1) is 0 Å². The molecule has 1 fully saturated rings. The van der Waals surface area contributed by atoms with Crippen LogP contribution >= 0.6 is 0 Å². The maximum Gasteiger partial charge on any atom is 0.251 e. The van der Waals surface area contributed by atoms with Crippen molar-refractivity contribution in [2.24, 2.45) is 0 Å². The van der Waals surface area contributed by atoms with Crippen molar-refractivity contribution in [3.63, 3.8) is 0 Å². The van der Waals surface area contributed by atoms with E-state index in [-0.39, 0.29) is 18.2 Å². The molecule has 1 heterocycles. The second-order valence-corrected chi connectivity index (χ2v) is 4.88. The Kier molecular flexibility index (Phi) is 4.85. The Balaban J connectivity index is 1.93. The van der Waals surface area contributed by atoms with E-state index < -0.39 is 12.2 Å². The van der Waals surface area contributed by atoms with E-state index in [0.29, 0.717) is 31.6 Å². The largest absolute Gasteiger partial charge is 0.381 e. The smallest absolute Gasteiger partial charge is 0.251 e. The average molecular weight is 283 g/mol. The Morgan fingerprint density at radius 1 is 1.35 bits per heavy atom. The van der Waals surface area contributed by atoms with Gasteiger partial charge in [0.05, 0.1) is 12.2 Å². The van der Waals surface area contributed by atoms with Crippen LogP contribution in [0.2, 0.25) is 0 Å². The highest BCUT2D eigenvalue weighted by Crippen LogP contribution is 2.22. The number of piperidine rings is 1. The Labute approximate surface area is 116 Å². The second-order valence-electron chi connectivity index (χ2n) is 4.88. The first-order chi connectivity index (χ1) is 9.60. The molecule has 0 atom stereocenters. The monoisotopic (exact) mass is 283 g/mol. The number of likely N-dealkylation sites (tertiary alicyclic amines) is 1. The van der Waals surface area contributed by atoms with E-state index in [1.165, 1.54) is 6.07 Å². The summed E-state index contributed by atoms with van der Waals surface area (Å²) in [6.45, 7) is 0.967. The number of rotatable bonds is 4. The fourth-order valence-electron chi connectivity index (χ4n) is 2.43. The summed E-state index contributed by atoms with van der Waals surface area (Å²) in [5.74, 6) is -0.548. The minimum absolute atomic E-state index is 0.00232. The van der Waals surface area contributed by atoms with Gasteiger partial charge in [0.2, 0.25) is 0 Å². The Hall–Kier alpha value is -1.74. The van der Waals surface area contributed by atoms with E-state index >= 15 is 0 Å². The lowest BCUT2D eigenvalue weighted by atomic mass is 10.0. The molecule has 6 heteroatoms.